The second-order valence-corrected chi connectivity index (χ2v) is 4.13. The number of nitrogens with zero attached hydrogens (tertiary/aromatic N) is 2. The standard InChI is InChI=1S/C14H16N4O/c1-10-7-17-11(8-16-10)9-18-14(19)12-5-3-4-6-13(12)15-2/h3-8,15H,9H2,1-2H3,(H,18,19). The van der Waals surface area contributed by atoms with Gasteiger partial charge in [0.25, 0.3) is 5.91 Å². The van der Waals surface area contributed by atoms with Gasteiger partial charge in [0.1, 0.15) is 0 Å². The first-order chi connectivity index (χ1) is 9.20. The van der Waals surface area contributed by atoms with Crippen molar-refractivity contribution in [2.45, 2.75) is 13.5 Å². The summed E-state index contributed by atoms with van der Waals surface area (Å²) in [5.41, 5.74) is 3.01. The molecule has 1 aromatic heterocycles. The van der Waals surface area contributed by atoms with Gasteiger partial charge in [-0.15, -0.1) is 0 Å². The number of carbonyl (C=O) groups is 1. The van der Waals surface area contributed by atoms with Gasteiger partial charge in [0.15, 0.2) is 0 Å². The van der Waals surface area contributed by atoms with Crippen molar-refractivity contribution in [2.75, 3.05) is 12.4 Å². The maximum absolute atomic E-state index is 12.1. The molecule has 0 saturated carbocycles. The molecule has 0 atom stereocenters. The molecule has 0 saturated heterocycles. The monoisotopic (exact) mass is 256 g/mol. The Hall–Kier alpha value is -2.43. The fourth-order valence-corrected chi connectivity index (χ4v) is 1.68. The highest BCUT2D eigenvalue weighted by atomic mass is 16.1. The fourth-order valence-electron chi connectivity index (χ4n) is 1.68. The smallest absolute Gasteiger partial charge is 0.253 e. The number of hydrogen-bond donors (Lipinski definition) is 2. The molecule has 98 valence electrons. The van der Waals surface area contributed by atoms with Gasteiger partial charge in [-0.3, -0.25) is 14.8 Å². The molecule has 1 aromatic carbocycles. The maximum atomic E-state index is 12.1. The van der Waals surface area contributed by atoms with E-state index in [1.165, 1.54) is 0 Å². The molecule has 1 amide bonds. The molecule has 0 fully saturated rings. The first-order valence-corrected chi connectivity index (χ1v) is 6.03. The number of benzene rings is 1. The van der Waals surface area contributed by atoms with Gasteiger partial charge >= 0.3 is 0 Å². The van der Waals surface area contributed by atoms with Crippen molar-refractivity contribution in [2.24, 2.45) is 0 Å². The molecule has 0 aliphatic heterocycles. The number of amides is 1. The molecule has 2 N–H and O–H groups in total. The molecule has 5 heteroatoms. The minimum atomic E-state index is -0.132. The minimum absolute atomic E-state index is 0.132. The van der Waals surface area contributed by atoms with Crippen LogP contribution in [0.3, 0.4) is 0 Å². The lowest BCUT2D eigenvalue weighted by Crippen LogP contribution is -2.24. The van der Waals surface area contributed by atoms with Crippen LogP contribution in [0.15, 0.2) is 36.7 Å². The fraction of sp³-hybridized carbons (Fsp3) is 0.214. The third kappa shape index (κ3) is 3.28. The molecular formula is C14H16N4O. The zero-order chi connectivity index (χ0) is 13.7. The van der Waals surface area contributed by atoms with Crippen LogP contribution in [0.2, 0.25) is 0 Å². The zero-order valence-electron chi connectivity index (χ0n) is 11.0. The van der Waals surface area contributed by atoms with E-state index >= 15 is 0 Å². The Labute approximate surface area is 112 Å². The molecule has 1 heterocycles. The molecular weight excluding hydrogens is 240 g/mol. The summed E-state index contributed by atoms with van der Waals surface area (Å²) in [5.74, 6) is -0.132. The molecule has 19 heavy (non-hydrogen) atoms. The summed E-state index contributed by atoms with van der Waals surface area (Å²) in [6.45, 7) is 2.24. The Morgan fingerprint density at radius 1 is 1.21 bits per heavy atom. The van der Waals surface area contributed by atoms with Gasteiger partial charge < -0.3 is 10.6 Å². The van der Waals surface area contributed by atoms with Crippen LogP contribution in [0, 0.1) is 6.92 Å². The van der Waals surface area contributed by atoms with Crippen LogP contribution in [0.25, 0.3) is 0 Å². The van der Waals surface area contributed by atoms with E-state index in [1.54, 1.807) is 25.5 Å². The van der Waals surface area contributed by atoms with Gasteiger partial charge in [-0.05, 0) is 19.1 Å². The van der Waals surface area contributed by atoms with Crippen molar-refractivity contribution in [3.63, 3.8) is 0 Å². The normalized spacial score (nSPS) is 10.0. The molecule has 0 radical (unpaired) electrons. The van der Waals surface area contributed by atoms with Crippen LogP contribution in [-0.2, 0) is 6.54 Å². The zero-order valence-corrected chi connectivity index (χ0v) is 11.0. The summed E-state index contributed by atoms with van der Waals surface area (Å²) in [6.07, 6.45) is 3.35. The lowest BCUT2D eigenvalue weighted by molar-refractivity contribution is 0.0951. The molecule has 2 rings (SSSR count). The summed E-state index contributed by atoms with van der Waals surface area (Å²) < 4.78 is 0. The lowest BCUT2D eigenvalue weighted by atomic mass is 10.1. The van der Waals surface area contributed by atoms with Crippen molar-refractivity contribution in [3.8, 4) is 0 Å². The van der Waals surface area contributed by atoms with Crippen LogP contribution >= 0.6 is 0 Å². The van der Waals surface area contributed by atoms with E-state index in [2.05, 4.69) is 20.6 Å². The molecule has 2 aromatic rings. The van der Waals surface area contributed by atoms with Gasteiger partial charge in [0, 0.05) is 18.9 Å². The van der Waals surface area contributed by atoms with E-state index < -0.39 is 0 Å². The second-order valence-electron chi connectivity index (χ2n) is 4.13. The Kier molecular flexibility index (Phi) is 4.07. The topological polar surface area (TPSA) is 66.9 Å². The molecule has 0 unspecified atom stereocenters. The van der Waals surface area contributed by atoms with Gasteiger partial charge in [-0.1, -0.05) is 12.1 Å². The quantitative estimate of drug-likeness (QED) is 0.874. The van der Waals surface area contributed by atoms with Gasteiger partial charge in [-0.25, -0.2) is 0 Å². The number of carbonyl (C=O) groups excluding carboxylic acids is 1. The third-order valence-electron chi connectivity index (χ3n) is 2.71. The molecule has 0 spiro atoms. The van der Waals surface area contributed by atoms with Crippen molar-refractivity contribution in [1.29, 1.82) is 0 Å². The number of rotatable bonds is 4. The lowest BCUT2D eigenvalue weighted by Gasteiger charge is -2.09. The number of nitrogens with one attached hydrogen (secondary N) is 2. The van der Waals surface area contributed by atoms with Crippen LogP contribution in [0.4, 0.5) is 5.69 Å². The Bertz CT molecular complexity index is 566. The molecule has 0 aliphatic rings. The Morgan fingerprint density at radius 2 is 2.00 bits per heavy atom. The number of aryl methyl sites for hydroxylation is 1. The van der Waals surface area contributed by atoms with Gasteiger partial charge in [0.2, 0.25) is 0 Å². The highest BCUT2D eigenvalue weighted by molar-refractivity contribution is 5.99. The van der Waals surface area contributed by atoms with Crippen molar-refractivity contribution < 1.29 is 4.79 Å². The van der Waals surface area contributed by atoms with Crippen LogP contribution in [0.1, 0.15) is 21.7 Å². The summed E-state index contributed by atoms with van der Waals surface area (Å²) in [5, 5.41) is 5.82. The first-order valence-electron chi connectivity index (χ1n) is 6.03. The summed E-state index contributed by atoms with van der Waals surface area (Å²) in [7, 11) is 1.79. The SMILES string of the molecule is CNc1ccccc1C(=O)NCc1cnc(C)cn1. The first kappa shape index (κ1) is 13.0. The second kappa shape index (κ2) is 5.95. The molecule has 5 nitrogen and oxygen atoms in total. The highest BCUT2D eigenvalue weighted by Gasteiger charge is 2.09. The molecule has 0 bridgehead atoms. The van der Waals surface area contributed by atoms with E-state index in [-0.39, 0.29) is 5.91 Å². The van der Waals surface area contributed by atoms with Crippen molar-refractivity contribution in [3.05, 3.63) is 53.6 Å². The number of aromatic nitrogens is 2. The van der Waals surface area contributed by atoms with E-state index in [1.807, 2.05) is 25.1 Å². The van der Waals surface area contributed by atoms with Crippen LogP contribution < -0.4 is 10.6 Å². The Balaban J connectivity index is 2.03. The number of hydrogen-bond acceptors (Lipinski definition) is 4. The van der Waals surface area contributed by atoms with Crippen LogP contribution in [-0.4, -0.2) is 22.9 Å². The van der Waals surface area contributed by atoms with Crippen molar-refractivity contribution in [1.82, 2.24) is 15.3 Å². The largest absolute Gasteiger partial charge is 0.387 e. The predicted molar refractivity (Wildman–Crippen MR) is 73.9 cm³/mol. The Morgan fingerprint density at radius 3 is 2.68 bits per heavy atom. The van der Waals surface area contributed by atoms with Gasteiger partial charge in [-0.2, -0.15) is 0 Å². The van der Waals surface area contributed by atoms with Gasteiger partial charge in [0.05, 0.1) is 29.7 Å². The summed E-state index contributed by atoms with van der Waals surface area (Å²) >= 11 is 0. The highest BCUT2D eigenvalue weighted by Crippen LogP contribution is 2.13. The van der Waals surface area contributed by atoms with Crippen LogP contribution in [0.5, 0.6) is 0 Å². The minimum Gasteiger partial charge on any atom is -0.387 e. The van der Waals surface area contributed by atoms with Crippen molar-refractivity contribution >= 4 is 11.6 Å². The van der Waals surface area contributed by atoms with E-state index in [0.29, 0.717) is 12.1 Å². The summed E-state index contributed by atoms with van der Waals surface area (Å²) in [4.78, 5) is 20.4. The third-order valence-corrected chi connectivity index (χ3v) is 2.71. The summed E-state index contributed by atoms with van der Waals surface area (Å²) in [6, 6.07) is 7.36. The number of anilines is 1. The predicted octanol–water partition coefficient (Wildman–Crippen LogP) is 1.76. The number of para-hydroxylation sites is 1. The average molecular weight is 256 g/mol. The average Bonchev–Trinajstić information content (AvgIpc) is 2.46. The molecule has 0 aliphatic carbocycles. The van der Waals surface area contributed by atoms with E-state index in [0.717, 1.165) is 17.1 Å². The van der Waals surface area contributed by atoms with E-state index in [9.17, 15) is 4.79 Å². The maximum Gasteiger partial charge on any atom is 0.253 e. The van der Waals surface area contributed by atoms with E-state index in [4.69, 9.17) is 0 Å².